The topological polar surface area (TPSA) is 94.0 Å². The zero-order valence-corrected chi connectivity index (χ0v) is 22.8. The molecule has 6 nitrogen and oxygen atoms in total. The van der Waals surface area contributed by atoms with Crippen LogP contribution in [0.5, 0.6) is 0 Å². The van der Waals surface area contributed by atoms with E-state index >= 15 is 4.39 Å². The van der Waals surface area contributed by atoms with Crippen LogP contribution in [0.2, 0.25) is 5.02 Å². The summed E-state index contributed by atoms with van der Waals surface area (Å²) in [5.74, 6) is -3.50. The van der Waals surface area contributed by atoms with Crippen LogP contribution in [0.3, 0.4) is 0 Å². The highest BCUT2D eigenvalue weighted by atomic mass is 35.5. The molecule has 0 saturated carbocycles. The fourth-order valence-corrected chi connectivity index (χ4v) is 5.26. The van der Waals surface area contributed by atoms with Crippen molar-refractivity contribution in [3.8, 4) is 6.07 Å². The molecule has 3 aromatic rings. The molecule has 4 rings (SSSR count). The number of carbonyl (C=O) groups excluding carboxylic acids is 2. The molecule has 3 N–H and O–H groups in total. The van der Waals surface area contributed by atoms with Crippen LogP contribution in [0.4, 0.5) is 28.9 Å². The lowest BCUT2D eigenvalue weighted by molar-refractivity contribution is -0.137. The Hall–Kier alpha value is -4.27. The van der Waals surface area contributed by atoms with Gasteiger partial charge in [0.15, 0.2) is 0 Å². The minimum atomic E-state index is -4.67. The molecule has 0 saturated heterocycles. The molecule has 1 aliphatic heterocycles. The zero-order valence-electron chi connectivity index (χ0n) is 21.3. The molecule has 12 heteroatoms. The molecule has 0 spiro atoms. The van der Waals surface area contributed by atoms with E-state index in [1.54, 1.807) is 37.3 Å². The standard InChI is InChI=1S/C29H21ClF4N4O2S/c1-16-25(27(40)37-18-12-10-17(30)11-13-18)26(19-6-2-4-8-22(19)31)20(14-35)28(36-16)41-15-24(39)38-23-9-5-3-7-21(23)29(32,33)34/h2-13,26,36H,15H2,1H3,(H,37,40)(H,38,39)/t26-/m0/s1. The minimum Gasteiger partial charge on any atom is -0.353 e. The van der Waals surface area contributed by atoms with Gasteiger partial charge in [-0.25, -0.2) is 4.39 Å². The summed E-state index contributed by atoms with van der Waals surface area (Å²) in [5.41, 5.74) is -0.573. The number of halogens is 5. The van der Waals surface area contributed by atoms with E-state index in [0.29, 0.717) is 16.4 Å². The number of amides is 2. The number of thioether (sulfide) groups is 1. The number of alkyl halides is 3. The van der Waals surface area contributed by atoms with Crippen molar-refractivity contribution < 1.29 is 27.2 Å². The van der Waals surface area contributed by atoms with Crippen molar-refractivity contribution in [1.82, 2.24) is 5.32 Å². The number of nitrogens with zero attached hydrogens (tertiary/aromatic N) is 1. The Morgan fingerprint density at radius 2 is 1.68 bits per heavy atom. The average Bonchev–Trinajstić information content (AvgIpc) is 2.92. The third kappa shape index (κ3) is 6.90. The fourth-order valence-electron chi connectivity index (χ4n) is 4.24. The first-order valence-electron chi connectivity index (χ1n) is 12.0. The third-order valence-corrected chi connectivity index (χ3v) is 7.33. The van der Waals surface area contributed by atoms with Crippen LogP contribution >= 0.6 is 23.4 Å². The van der Waals surface area contributed by atoms with Crippen molar-refractivity contribution in [2.24, 2.45) is 0 Å². The number of allylic oxidation sites excluding steroid dienone is 2. The second kappa shape index (κ2) is 12.5. The lowest BCUT2D eigenvalue weighted by Crippen LogP contribution is -2.31. The molecule has 0 fully saturated rings. The highest BCUT2D eigenvalue weighted by molar-refractivity contribution is 8.03. The van der Waals surface area contributed by atoms with Crippen molar-refractivity contribution in [2.45, 2.75) is 19.0 Å². The molecular weight excluding hydrogens is 580 g/mol. The monoisotopic (exact) mass is 600 g/mol. The minimum absolute atomic E-state index is 0.0320. The first kappa shape index (κ1) is 29.7. The van der Waals surface area contributed by atoms with Gasteiger partial charge in [0.1, 0.15) is 5.82 Å². The van der Waals surface area contributed by atoms with Gasteiger partial charge in [-0.05, 0) is 49.4 Å². The molecule has 1 aliphatic rings. The maximum absolute atomic E-state index is 15.1. The first-order chi connectivity index (χ1) is 19.5. The van der Waals surface area contributed by atoms with E-state index in [1.807, 2.05) is 6.07 Å². The number of anilines is 2. The fraction of sp³-hybridized carbons (Fsp3) is 0.138. The summed E-state index contributed by atoms with van der Waals surface area (Å²) in [4.78, 5) is 26.1. The van der Waals surface area contributed by atoms with E-state index in [-0.39, 0.29) is 27.5 Å². The summed E-state index contributed by atoms with van der Waals surface area (Å²) in [6.45, 7) is 1.57. The molecule has 1 atom stereocenters. The van der Waals surface area contributed by atoms with Crippen molar-refractivity contribution in [1.29, 1.82) is 5.26 Å². The van der Waals surface area contributed by atoms with E-state index in [9.17, 15) is 28.0 Å². The SMILES string of the molecule is CC1=C(C(=O)Nc2ccc(Cl)cc2)[C@@H](c2ccccc2F)C(C#N)=C(SCC(=O)Nc2ccccc2C(F)(F)F)N1. The number of benzene rings is 3. The molecular formula is C29H21ClF4N4O2S. The average molecular weight is 601 g/mol. The molecule has 3 aromatic carbocycles. The smallest absolute Gasteiger partial charge is 0.353 e. The molecule has 2 amide bonds. The van der Waals surface area contributed by atoms with E-state index in [0.717, 1.165) is 23.9 Å². The number of hydrogen-bond acceptors (Lipinski definition) is 5. The normalized spacial score (nSPS) is 15.2. The van der Waals surface area contributed by atoms with Gasteiger partial charge in [0.2, 0.25) is 5.91 Å². The maximum Gasteiger partial charge on any atom is 0.418 e. The quantitative estimate of drug-likeness (QED) is 0.249. The lowest BCUT2D eigenvalue weighted by atomic mass is 9.82. The molecule has 0 aromatic heterocycles. The van der Waals surface area contributed by atoms with Crippen LogP contribution in [0.15, 0.2) is 94.7 Å². The number of hydrogen-bond donors (Lipinski definition) is 3. The Morgan fingerprint density at radius 3 is 2.34 bits per heavy atom. The summed E-state index contributed by atoms with van der Waals surface area (Å²) in [6, 6.07) is 18.6. The van der Waals surface area contributed by atoms with Crippen LogP contribution in [0.1, 0.15) is 24.0 Å². The largest absolute Gasteiger partial charge is 0.418 e. The van der Waals surface area contributed by atoms with Gasteiger partial charge in [0, 0.05) is 27.5 Å². The highest BCUT2D eigenvalue weighted by Crippen LogP contribution is 2.42. The van der Waals surface area contributed by atoms with E-state index < -0.39 is 41.0 Å². The summed E-state index contributed by atoms with van der Waals surface area (Å²) < 4.78 is 55.0. The van der Waals surface area contributed by atoms with E-state index in [4.69, 9.17) is 11.6 Å². The number of nitrogens with one attached hydrogen (secondary N) is 3. The van der Waals surface area contributed by atoms with E-state index in [1.165, 1.54) is 30.3 Å². The van der Waals surface area contributed by atoms with Gasteiger partial charge >= 0.3 is 6.18 Å². The predicted molar refractivity (Wildman–Crippen MR) is 150 cm³/mol. The van der Waals surface area contributed by atoms with Gasteiger partial charge in [0.05, 0.1) is 39.6 Å². The summed E-state index contributed by atoms with van der Waals surface area (Å²) in [7, 11) is 0. The molecule has 0 radical (unpaired) electrons. The Morgan fingerprint density at radius 1 is 1.02 bits per heavy atom. The Labute approximate surface area is 242 Å². The molecule has 0 bridgehead atoms. The van der Waals surface area contributed by atoms with E-state index in [2.05, 4.69) is 16.0 Å². The molecule has 0 aliphatic carbocycles. The van der Waals surface area contributed by atoms with Gasteiger partial charge in [-0.1, -0.05) is 53.7 Å². The number of nitriles is 1. The van der Waals surface area contributed by atoms with Crippen LogP contribution in [0, 0.1) is 17.1 Å². The Bertz CT molecular complexity index is 1600. The van der Waals surface area contributed by atoms with Crippen LogP contribution < -0.4 is 16.0 Å². The van der Waals surface area contributed by atoms with Gasteiger partial charge in [-0.2, -0.15) is 18.4 Å². The first-order valence-corrected chi connectivity index (χ1v) is 13.4. The second-order valence-electron chi connectivity index (χ2n) is 8.81. The van der Waals surface area contributed by atoms with Gasteiger partial charge in [0.25, 0.3) is 5.91 Å². The molecule has 1 heterocycles. The van der Waals surface area contributed by atoms with Crippen molar-refractivity contribution in [3.05, 3.63) is 117 Å². The van der Waals surface area contributed by atoms with Gasteiger partial charge in [-0.15, -0.1) is 0 Å². The van der Waals surface area contributed by atoms with Crippen molar-refractivity contribution in [3.63, 3.8) is 0 Å². The Balaban J connectivity index is 1.63. The third-order valence-electron chi connectivity index (χ3n) is 6.06. The number of carbonyl (C=O) groups is 2. The predicted octanol–water partition coefficient (Wildman–Crippen LogP) is 7.20. The summed E-state index contributed by atoms with van der Waals surface area (Å²) >= 11 is 6.77. The van der Waals surface area contributed by atoms with Crippen LogP contribution in [-0.4, -0.2) is 17.6 Å². The zero-order chi connectivity index (χ0) is 29.7. The number of rotatable bonds is 7. The maximum atomic E-state index is 15.1. The number of dihydropyridines is 1. The summed E-state index contributed by atoms with van der Waals surface area (Å²) in [6.07, 6.45) is -4.67. The van der Waals surface area contributed by atoms with Crippen LogP contribution in [-0.2, 0) is 15.8 Å². The van der Waals surface area contributed by atoms with Gasteiger partial charge in [-0.3, -0.25) is 9.59 Å². The van der Waals surface area contributed by atoms with Crippen molar-refractivity contribution >= 4 is 46.6 Å². The molecule has 0 unspecified atom stereocenters. The molecule has 41 heavy (non-hydrogen) atoms. The number of para-hydroxylation sites is 1. The second-order valence-corrected chi connectivity index (χ2v) is 10.2. The van der Waals surface area contributed by atoms with Gasteiger partial charge < -0.3 is 16.0 Å². The van der Waals surface area contributed by atoms with Crippen LogP contribution in [0.25, 0.3) is 0 Å². The lowest BCUT2D eigenvalue weighted by Gasteiger charge is -2.30. The van der Waals surface area contributed by atoms with Crippen molar-refractivity contribution in [2.75, 3.05) is 16.4 Å². The highest BCUT2D eigenvalue weighted by Gasteiger charge is 2.37. The summed E-state index contributed by atoms with van der Waals surface area (Å²) in [5, 5.41) is 18.7. The molecule has 210 valence electrons. The Kier molecular flexibility index (Phi) is 9.05.